The van der Waals surface area contributed by atoms with Crippen molar-refractivity contribution in [2.24, 2.45) is 11.3 Å². The molecule has 1 fully saturated rings. The number of hydrogen-bond acceptors (Lipinski definition) is 3. The molecule has 3 N–H and O–H groups in total. The van der Waals surface area contributed by atoms with Crippen LogP contribution < -0.4 is 10.6 Å². The lowest BCUT2D eigenvalue weighted by Crippen LogP contribution is -2.43. The Labute approximate surface area is 102 Å². The van der Waals surface area contributed by atoms with Gasteiger partial charge in [-0.25, -0.2) is 0 Å². The summed E-state index contributed by atoms with van der Waals surface area (Å²) in [6.07, 6.45) is 0.961. The lowest BCUT2D eigenvalue weighted by molar-refractivity contribution is -0.127. The highest BCUT2D eigenvalue weighted by Gasteiger charge is 2.29. The first-order valence-electron chi connectivity index (χ1n) is 6.00. The highest BCUT2D eigenvalue weighted by Crippen LogP contribution is 2.21. The predicted molar refractivity (Wildman–Crippen MR) is 64.2 cm³/mol. The van der Waals surface area contributed by atoms with E-state index in [-0.39, 0.29) is 42.2 Å². The standard InChI is InChI=1S/C12H22N2O3/c1-12(2,3)5-9(7-15)14-11(17)8-4-10(16)13-6-8/h8-9,15H,4-7H2,1-3H3,(H,13,16)(H,14,17). The molecule has 2 atom stereocenters. The molecule has 5 heteroatoms. The van der Waals surface area contributed by atoms with Crippen molar-refractivity contribution in [3.05, 3.63) is 0 Å². The molecule has 2 amide bonds. The van der Waals surface area contributed by atoms with E-state index in [2.05, 4.69) is 31.4 Å². The van der Waals surface area contributed by atoms with Crippen LogP contribution in [0.3, 0.4) is 0 Å². The van der Waals surface area contributed by atoms with Crippen molar-refractivity contribution in [1.29, 1.82) is 0 Å². The molecule has 0 saturated carbocycles. The second-order valence-electron chi connectivity index (χ2n) is 5.86. The third-order valence-electron chi connectivity index (χ3n) is 2.77. The van der Waals surface area contributed by atoms with Crippen molar-refractivity contribution >= 4 is 11.8 Å². The van der Waals surface area contributed by atoms with Crippen LogP contribution in [0.1, 0.15) is 33.6 Å². The Bertz CT molecular complexity index is 297. The molecule has 0 bridgehead atoms. The maximum atomic E-state index is 11.8. The van der Waals surface area contributed by atoms with Gasteiger partial charge in [0.15, 0.2) is 0 Å². The number of amides is 2. The van der Waals surface area contributed by atoms with Crippen LogP contribution in [-0.2, 0) is 9.59 Å². The van der Waals surface area contributed by atoms with E-state index in [1.807, 2.05) is 0 Å². The molecule has 1 heterocycles. The van der Waals surface area contributed by atoms with Gasteiger partial charge in [-0.05, 0) is 11.8 Å². The number of carbonyl (C=O) groups excluding carboxylic acids is 2. The van der Waals surface area contributed by atoms with Crippen molar-refractivity contribution in [2.75, 3.05) is 13.2 Å². The van der Waals surface area contributed by atoms with Crippen LogP contribution in [0.5, 0.6) is 0 Å². The van der Waals surface area contributed by atoms with E-state index in [9.17, 15) is 14.7 Å². The minimum Gasteiger partial charge on any atom is -0.394 e. The molecule has 0 radical (unpaired) electrons. The second-order valence-corrected chi connectivity index (χ2v) is 5.86. The van der Waals surface area contributed by atoms with Gasteiger partial charge in [-0.1, -0.05) is 20.8 Å². The summed E-state index contributed by atoms with van der Waals surface area (Å²) in [4.78, 5) is 22.8. The first-order valence-corrected chi connectivity index (χ1v) is 6.00. The average Bonchev–Trinajstić information content (AvgIpc) is 2.61. The Hall–Kier alpha value is -1.10. The minimum absolute atomic E-state index is 0.0461. The van der Waals surface area contributed by atoms with Crippen LogP contribution in [0, 0.1) is 11.3 Å². The van der Waals surface area contributed by atoms with Crippen LogP contribution in [0.4, 0.5) is 0 Å². The molecule has 1 rings (SSSR count). The van der Waals surface area contributed by atoms with E-state index < -0.39 is 0 Å². The van der Waals surface area contributed by atoms with Crippen molar-refractivity contribution in [3.63, 3.8) is 0 Å². The third-order valence-corrected chi connectivity index (χ3v) is 2.77. The first kappa shape index (κ1) is 14.0. The second kappa shape index (κ2) is 5.49. The molecule has 17 heavy (non-hydrogen) atoms. The monoisotopic (exact) mass is 242 g/mol. The lowest BCUT2D eigenvalue weighted by Gasteiger charge is -2.26. The van der Waals surface area contributed by atoms with E-state index in [0.29, 0.717) is 13.0 Å². The Morgan fingerprint density at radius 2 is 2.24 bits per heavy atom. The van der Waals surface area contributed by atoms with Crippen LogP contribution in [0.2, 0.25) is 0 Å². The van der Waals surface area contributed by atoms with E-state index >= 15 is 0 Å². The van der Waals surface area contributed by atoms with Crippen molar-refractivity contribution in [3.8, 4) is 0 Å². The summed E-state index contributed by atoms with van der Waals surface area (Å²) in [5.41, 5.74) is 0.0461. The number of carbonyl (C=O) groups is 2. The number of nitrogens with one attached hydrogen (secondary N) is 2. The third kappa shape index (κ3) is 4.73. The van der Waals surface area contributed by atoms with E-state index in [1.54, 1.807) is 0 Å². The summed E-state index contributed by atoms with van der Waals surface area (Å²) in [6.45, 7) is 6.50. The topological polar surface area (TPSA) is 78.4 Å². The molecule has 1 saturated heterocycles. The van der Waals surface area contributed by atoms with Crippen LogP contribution in [0.25, 0.3) is 0 Å². The van der Waals surface area contributed by atoms with E-state index in [0.717, 1.165) is 0 Å². The fraction of sp³-hybridized carbons (Fsp3) is 0.833. The molecule has 0 aliphatic carbocycles. The Morgan fingerprint density at radius 1 is 1.59 bits per heavy atom. The van der Waals surface area contributed by atoms with Gasteiger partial charge in [-0.3, -0.25) is 9.59 Å². The van der Waals surface area contributed by atoms with Crippen LogP contribution >= 0.6 is 0 Å². The predicted octanol–water partition coefficient (Wildman–Crippen LogP) is 0.0358. The maximum absolute atomic E-state index is 11.8. The fourth-order valence-corrected chi connectivity index (χ4v) is 2.01. The average molecular weight is 242 g/mol. The maximum Gasteiger partial charge on any atom is 0.225 e. The van der Waals surface area contributed by atoms with Gasteiger partial charge < -0.3 is 15.7 Å². The van der Waals surface area contributed by atoms with Crippen molar-refractivity contribution < 1.29 is 14.7 Å². The number of rotatable bonds is 4. The van der Waals surface area contributed by atoms with Gasteiger partial charge in [0.25, 0.3) is 0 Å². The van der Waals surface area contributed by atoms with Gasteiger partial charge in [0, 0.05) is 13.0 Å². The van der Waals surface area contributed by atoms with E-state index in [1.165, 1.54) is 0 Å². The Morgan fingerprint density at radius 3 is 2.65 bits per heavy atom. The highest BCUT2D eigenvalue weighted by molar-refractivity contribution is 5.89. The summed E-state index contributed by atoms with van der Waals surface area (Å²) >= 11 is 0. The van der Waals surface area contributed by atoms with Gasteiger partial charge in [0.05, 0.1) is 18.6 Å². The smallest absolute Gasteiger partial charge is 0.225 e. The van der Waals surface area contributed by atoms with E-state index in [4.69, 9.17) is 0 Å². The zero-order valence-corrected chi connectivity index (χ0v) is 10.7. The highest BCUT2D eigenvalue weighted by atomic mass is 16.3. The lowest BCUT2D eigenvalue weighted by atomic mass is 9.88. The summed E-state index contributed by atoms with van der Waals surface area (Å²) in [6, 6.07) is -0.238. The molecule has 0 aromatic rings. The first-order chi connectivity index (χ1) is 7.81. The molecule has 0 aromatic heterocycles. The molecule has 5 nitrogen and oxygen atoms in total. The van der Waals surface area contributed by atoms with Crippen molar-refractivity contribution in [2.45, 2.75) is 39.7 Å². The quantitative estimate of drug-likeness (QED) is 0.651. The summed E-state index contributed by atoms with van der Waals surface area (Å²) < 4.78 is 0. The fourth-order valence-electron chi connectivity index (χ4n) is 2.01. The molecular formula is C12H22N2O3. The molecule has 1 aliphatic heterocycles. The Balaban J connectivity index is 2.45. The normalized spacial score (nSPS) is 22.1. The minimum atomic E-state index is -0.295. The number of aliphatic hydroxyl groups excluding tert-OH is 1. The molecular weight excluding hydrogens is 220 g/mol. The summed E-state index contributed by atoms with van der Waals surface area (Å²) in [5.74, 6) is -0.523. The molecule has 1 aliphatic rings. The number of hydrogen-bond donors (Lipinski definition) is 3. The van der Waals surface area contributed by atoms with Crippen molar-refractivity contribution in [1.82, 2.24) is 10.6 Å². The summed E-state index contributed by atoms with van der Waals surface area (Å²) in [5, 5.41) is 14.7. The molecule has 0 aromatic carbocycles. The van der Waals surface area contributed by atoms with Gasteiger partial charge in [-0.2, -0.15) is 0 Å². The van der Waals surface area contributed by atoms with Gasteiger partial charge in [-0.15, -0.1) is 0 Å². The van der Waals surface area contributed by atoms with Gasteiger partial charge in [0.1, 0.15) is 0 Å². The number of aliphatic hydroxyl groups is 1. The Kier molecular flexibility index (Phi) is 4.51. The molecule has 2 unspecified atom stereocenters. The SMILES string of the molecule is CC(C)(C)CC(CO)NC(=O)C1CNC(=O)C1. The summed E-state index contributed by atoms with van der Waals surface area (Å²) in [7, 11) is 0. The zero-order chi connectivity index (χ0) is 13.1. The molecule has 0 spiro atoms. The van der Waals surface area contributed by atoms with Gasteiger partial charge in [0.2, 0.25) is 11.8 Å². The van der Waals surface area contributed by atoms with Gasteiger partial charge >= 0.3 is 0 Å². The largest absolute Gasteiger partial charge is 0.394 e. The molecule has 98 valence electrons. The van der Waals surface area contributed by atoms with Crippen LogP contribution in [0.15, 0.2) is 0 Å². The van der Waals surface area contributed by atoms with Crippen LogP contribution in [-0.4, -0.2) is 36.1 Å². The zero-order valence-electron chi connectivity index (χ0n) is 10.7.